The van der Waals surface area contributed by atoms with Crippen LogP contribution >= 0.6 is 0 Å². The third-order valence-electron chi connectivity index (χ3n) is 4.22. The highest BCUT2D eigenvalue weighted by atomic mass is 16.5. The van der Waals surface area contributed by atoms with Crippen LogP contribution in [0.5, 0.6) is 5.75 Å². The molecule has 0 spiro atoms. The van der Waals surface area contributed by atoms with Crippen molar-refractivity contribution >= 4 is 23.2 Å². The Morgan fingerprint density at radius 2 is 1.62 bits per heavy atom. The Morgan fingerprint density at radius 1 is 0.931 bits per heavy atom. The summed E-state index contributed by atoms with van der Waals surface area (Å²) < 4.78 is 5.39. The molecule has 0 saturated heterocycles. The van der Waals surface area contributed by atoms with Crippen molar-refractivity contribution < 1.29 is 14.3 Å². The van der Waals surface area contributed by atoms with Crippen LogP contribution in [-0.4, -0.2) is 23.4 Å². The van der Waals surface area contributed by atoms with Crippen molar-refractivity contribution in [3.05, 3.63) is 84.2 Å². The van der Waals surface area contributed by atoms with Gasteiger partial charge in [-0.2, -0.15) is 0 Å². The topological polar surface area (TPSA) is 80.3 Å². The largest absolute Gasteiger partial charge is 0.494 e. The lowest BCUT2D eigenvalue weighted by Gasteiger charge is -2.09. The van der Waals surface area contributed by atoms with Crippen LogP contribution in [-0.2, 0) is 11.2 Å². The highest BCUT2D eigenvalue weighted by Gasteiger charge is 2.08. The van der Waals surface area contributed by atoms with Gasteiger partial charge in [0.25, 0.3) is 5.91 Å². The van der Waals surface area contributed by atoms with Crippen LogP contribution in [0.1, 0.15) is 29.3 Å². The molecule has 0 radical (unpaired) electrons. The molecule has 1 heterocycles. The van der Waals surface area contributed by atoms with Crippen molar-refractivity contribution in [1.29, 1.82) is 0 Å². The second-order valence-electron chi connectivity index (χ2n) is 6.40. The van der Waals surface area contributed by atoms with E-state index in [9.17, 15) is 9.59 Å². The Hall–Kier alpha value is -3.67. The molecule has 0 aliphatic heterocycles. The number of nitrogens with one attached hydrogen (secondary N) is 2. The summed E-state index contributed by atoms with van der Waals surface area (Å²) in [5, 5.41) is 5.68. The zero-order valence-electron chi connectivity index (χ0n) is 16.2. The monoisotopic (exact) mass is 389 g/mol. The lowest BCUT2D eigenvalue weighted by Crippen LogP contribution is -2.14. The Labute approximate surface area is 169 Å². The van der Waals surface area contributed by atoms with Gasteiger partial charge in [-0.05, 0) is 73.5 Å². The van der Waals surface area contributed by atoms with E-state index in [0.29, 0.717) is 36.4 Å². The van der Waals surface area contributed by atoms with Crippen molar-refractivity contribution in [1.82, 2.24) is 4.98 Å². The van der Waals surface area contributed by atoms with Crippen LogP contribution in [0.4, 0.5) is 11.4 Å². The summed E-state index contributed by atoms with van der Waals surface area (Å²) in [7, 11) is 0. The number of nitrogens with zero attached hydrogens (tertiary/aromatic N) is 1. The van der Waals surface area contributed by atoms with Gasteiger partial charge in [0.2, 0.25) is 5.91 Å². The molecule has 29 heavy (non-hydrogen) atoms. The van der Waals surface area contributed by atoms with Crippen molar-refractivity contribution in [2.75, 3.05) is 17.2 Å². The molecule has 3 rings (SSSR count). The highest BCUT2D eigenvalue weighted by molar-refractivity contribution is 6.04. The molecule has 1 aromatic heterocycles. The Kier molecular flexibility index (Phi) is 6.95. The second kappa shape index (κ2) is 10.0. The smallest absolute Gasteiger partial charge is 0.255 e. The predicted molar refractivity (Wildman–Crippen MR) is 113 cm³/mol. The van der Waals surface area contributed by atoms with Crippen molar-refractivity contribution in [3.8, 4) is 5.75 Å². The first-order chi connectivity index (χ1) is 14.1. The molecule has 0 atom stereocenters. The fraction of sp³-hybridized carbons (Fsp3) is 0.174. The fourth-order valence-electron chi connectivity index (χ4n) is 2.74. The number of amides is 2. The molecule has 2 aromatic carbocycles. The van der Waals surface area contributed by atoms with Crippen LogP contribution < -0.4 is 15.4 Å². The molecule has 0 aliphatic rings. The second-order valence-corrected chi connectivity index (χ2v) is 6.40. The van der Waals surface area contributed by atoms with Gasteiger partial charge in [-0.25, -0.2) is 0 Å². The highest BCUT2D eigenvalue weighted by Crippen LogP contribution is 2.17. The number of aryl methyl sites for hydroxylation is 1. The van der Waals surface area contributed by atoms with Gasteiger partial charge < -0.3 is 15.4 Å². The Bertz CT molecular complexity index is 939. The van der Waals surface area contributed by atoms with Gasteiger partial charge >= 0.3 is 0 Å². The normalized spacial score (nSPS) is 10.2. The van der Waals surface area contributed by atoms with Crippen LogP contribution in [0.15, 0.2) is 73.1 Å². The molecule has 0 fully saturated rings. The first-order valence-corrected chi connectivity index (χ1v) is 9.47. The summed E-state index contributed by atoms with van der Waals surface area (Å²) in [4.78, 5) is 28.5. The van der Waals surface area contributed by atoms with E-state index in [2.05, 4.69) is 15.6 Å². The minimum Gasteiger partial charge on any atom is -0.494 e. The number of rotatable bonds is 8. The molecule has 2 N–H and O–H groups in total. The van der Waals surface area contributed by atoms with E-state index in [1.54, 1.807) is 48.8 Å². The summed E-state index contributed by atoms with van der Waals surface area (Å²) in [6.45, 7) is 2.51. The predicted octanol–water partition coefficient (Wildman–Crippen LogP) is 4.30. The molecule has 0 saturated carbocycles. The molecule has 6 heteroatoms. The number of benzene rings is 2. The van der Waals surface area contributed by atoms with Gasteiger partial charge in [0.15, 0.2) is 0 Å². The number of hydrogen-bond donors (Lipinski definition) is 2. The lowest BCUT2D eigenvalue weighted by atomic mass is 10.1. The quantitative estimate of drug-likeness (QED) is 0.602. The molecule has 0 unspecified atom stereocenters. The minimum atomic E-state index is -0.219. The van der Waals surface area contributed by atoms with E-state index < -0.39 is 0 Å². The molecule has 2 amide bonds. The number of carbonyl (C=O) groups is 2. The maximum atomic E-state index is 12.4. The summed E-state index contributed by atoms with van der Waals surface area (Å²) >= 11 is 0. The minimum absolute atomic E-state index is 0.0829. The van der Waals surface area contributed by atoms with E-state index in [1.165, 1.54) is 0 Å². The van der Waals surface area contributed by atoms with E-state index in [1.807, 2.05) is 31.2 Å². The number of aromatic nitrogens is 1. The van der Waals surface area contributed by atoms with Crippen molar-refractivity contribution in [2.24, 2.45) is 0 Å². The van der Waals surface area contributed by atoms with Crippen molar-refractivity contribution in [2.45, 2.75) is 19.8 Å². The van der Waals surface area contributed by atoms with Crippen LogP contribution in [0, 0.1) is 0 Å². The standard InChI is InChI=1S/C23H23N3O3/c1-2-29-21-12-10-20(11-13-21)26-23(28)18-6-8-19(9-7-18)25-22(27)14-5-17-4-3-15-24-16-17/h3-4,6-13,15-16H,2,5,14H2,1H3,(H,25,27)(H,26,28). The third kappa shape index (κ3) is 6.17. The Morgan fingerprint density at radius 3 is 2.28 bits per heavy atom. The van der Waals surface area contributed by atoms with Crippen LogP contribution in [0.3, 0.4) is 0 Å². The number of anilines is 2. The van der Waals surface area contributed by atoms with Gasteiger partial charge in [-0.15, -0.1) is 0 Å². The zero-order chi connectivity index (χ0) is 20.5. The maximum absolute atomic E-state index is 12.4. The first-order valence-electron chi connectivity index (χ1n) is 9.47. The molecule has 0 aliphatic carbocycles. The summed E-state index contributed by atoms with van der Waals surface area (Å²) in [6.07, 6.45) is 4.45. The fourth-order valence-corrected chi connectivity index (χ4v) is 2.74. The summed E-state index contributed by atoms with van der Waals surface area (Å²) in [6, 6.07) is 17.8. The average Bonchev–Trinajstić information content (AvgIpc) is 2.75. The van der Waals surface area contributed by atoms with Crippen molar-refractivity contribution in [3.63, 3.8) is 0 Å². The first kappa shape index (κ1) is 20.1. The summed E-state index contributed by atoms with van der Waals surface area (Å²) in [5.74, 6) is 0.457. The van der Waals surface area contributed by atoms with Crippen LogP contribution in [0.2, 0.25) is 0 Å². The average molecular weight is 389 g/mol. The molecule has 6 nitrogen and oxygen atoms in total. The number of pyridine rings is 1. The molecule has 0 bridgehead atoms. The molecular formula is C23H23N3O3. The molecule has 148 valence electrons. The van der Waals surface area contributed by atoms with Gasteiger partial charge in [0, 0.05) is 35.8 Å². The van der Waals surface area contributed by atoms with E-state index in [0.717, 1.165) is 11.3 Å². The lowest BCUT2D eigenvalue weighted by molar-refractivity contribution is -0.116. The number of ether oxygens (including phenoxy) is 1. The van der Waals surface area contributed by atoms with Crippen LogP contribution in [0.25, 0.3) is 0 Å². The SMILES string of the molecule is CCOc1ccc(NC(=O)c2ccc(NC(=O)CCc3cccnc3)cc2)cc1. The van der Waals surface area contributed by atoms with E-state index in [4.69, 9.17) is 4.74 Å². The molecular weight excluding hydrogens is 366 g/mol. The molecule has 3 aromatic rings. The summed E-state index contributed by atoms with van der Waals surface area (Å²) in [5.41, 5.74) is 2.86. The number of carbonyl (C=O) groups excluding carboxylic acids is 2. The Balaban J connectivity index is 1.51. The van der Waals surface area contributed by atoms with Gasteiger partial charge in [-0.1, -0.05) is 6.07 Å². The van der Waals surface area contributed by atoms with E-state index in [-0.39, 0.29) is 11.8 Å². The number of hydrogen-bond acceptors (Lipinski definition) is 4. The maximum Gasteiger partial charge on any atom is 0.255 e. The van der Waals surface area contributed by atoms with Gasteiger partial charge in [0.05, 0.1) is 6.61 Å². The van der Waals surface area contributed by atoms with E-state index >= 15 is 0 Å². The van der Waals surface area contributed by atoms with Gasteiger partial charge in [0.1, 0.15) is 5.75 Å². The van der Waals surface area contributed by atoms with Gasteiger partial charge in [-0.3, -0.25) is 14.6 Å². The third-order valence-corrected chi connectivity index (χ3v) is 4.22. The zero-order valence-corrected chi connectivity index (χ0v) is 16.2.